The van der Waals surface area contributed by atoms with E-state index in [2.05, 4.69) is 26.2 Å². The molecule has 0 aliphatic heterocycles. The van der Waals surface area contributed by atoms with Gasteiger partial charge in [0, 0.05) is 10.7 Å². The fraction of sp³-hybridized carbons (Fsp3) is 0. The molecule has 1 aromatic heterocycles. The molecule has 2 rings (SSSR count). The minimum Gasteiger partial charge on any atom is -0.478 e. The Hall–Kier alpha value is -1.66. The summed E-state index contributed by atoms with van der Waals surface area (Å²) in [6, 6.07) is 5.53. The third kappa shape index (κ3) is 3.02. The maximum Gasteiger partial charge on any atom is 0.339 e. The topological polar surface area (TPSA) is 62.2 Å². The quantitative estimate of drug-likeness (QED) is 0.880. The largest absolute Gasteiger partial charge is 0.478 e. The number of pyridine rings is 1. The molecule has 1 heterocycles. The number of aromatic carboxylic acids is 1. The summed E-state index contributed by atoms with van der Waals surface area (Å²) < 4.78 is 14.1. The van der Waals surface area contributed by atoms with Crippen molar-refractivity contribution < 1.29 is 14.3 Å². The number of anilines is 2. The van der Waals surface area contributed by atoms with Crippen molar-refractivity contribution in [1.82, 2.24) is 4.98 Å². The molecule has 2 N–H and O–H groups in total. The molecule has 0 radical (unpaired) electrons. The highest BCUT2D eigenvalue weighted by molar-refractivity contribution is 9.10. The van der Waals surface area contributed by atoms with Crippen molar-refractivity contribution in [2.24, 2.45) is 0 Å². The van der Waals surface area contributed by atoms with Crippen LogP contribution in [0, 0.1) is 5.82 Å². The number of nitrogens with one attached hydrogen (secondary N) is 1. The van der Waals surface area contributed by atoms with Crippen molar-refractivity contribution in [3.63, 3.8) is 0 Å². The summed E-state index contributed by atoms with van der Waals surface area (Å²) >= 11 is 8.98. The Labute approximate surface area is 121 Å². The highest BCUT2D eigenvalue weighted by Crippen LogP contribution is 2.29. The Bertz CT molecular complexity index is 631. The maximum absolute atomic E-state index is 13.6. The van der Waals surface area contributed by atoms with E-state index in [4.69, 9.17) is 16.7 Å². The zero-order valence-corrected chi connectivity index (χ0v) is 11.7. The third-order valence-corrected chi connectivity index (χ3v) is 3.04. The van der Waals surface area contributed by atoms with E-state index in [0.29, 0.717) is 4.47 Å². The molecule has 0 bridgehead atoms. The van der Waals surface area contributed by atoms with E-state index >= 15 is 0 Å². The van der Waals surface area contributed by atoms with Gasteiger partial charge in [-0.05, 0) is 34.1 Å². The van der Waals surface area contributed by atoms with E-state index in [1.54, 1.807) is 0 Å². The molecule has 0 amide bonds. The van der Waals surface area contributed by atoms with Crippen LogP contribution in [-0.4, -0.2) is 16.1 Å². The normalized spacial score (nSPS) is 10.3. The van der Waals surface area contributed by atoms with Crippen LogP contribution in [-0.2, 0) is 0 Å². The molecular weight excluding hydrogens is 338 g/mol. The second kappa shape index (κ2) is 5.54. The van der Waals surface area contributed by atoms with E-state index in [9.17, 15) is 9.18 Å². The number of para-hydroxylation sites is 1. The molecule has 0 atom stereocenters. The van der Waals surface area contributed by atoms with Crippen LogP contribution < -0.4 is 5.32 Å². The predicted molar refractivity (Wildman–Crippen MR) is 73.6 cm³/mol. The zero-order valence-electron chi connectivity index (χ0n) is 9.32. The van der Waals surface area contributed by atoms with Crippen molar-refractivity contribution in [1.29, 1.82) is 0 Å². The van der Waals surface area contributed by atoms with E-state index < -0.39 is 11.8 Å². The smallest absolute Gasteiger partial charge is 0.339 e. The van der Waals surface area contributed by atoms with E-state index in [1.165, 1.54) is 30.5 Å². The van der Waals surface area contributed by atoms with Crippen molar-refractivity contribution in [2.75, 3.05) is 5.32 Å². The van der Waals surface area contributed by atoms with Crippen LogP contribution >= 0.6 is 27.5 Å². The zero-order chi connectivity index (χ0) is 14.0. The van der Waals surface area contributed by atoms with E-state index in [0.717, 1.165) is 0 Å². The van der Waals surface area contributed by atoms with Crippen LogP contribution in [0.15, 0.2) is 34.9 Å². The standard InChI is InChI=1S/C12H7BrClFN2O2/c13-6-4-7(12(18)19)11(16-5-6)17-10-8(14)2-1-3-9(10)15/h1-5H,(H,16,17)(H,18,19). The van der Waals surface area contributed by atoms with Gasteiger partial charge in [-0.25, -0.2) is 14.2 Å². The van der Waals surface area contributed by atoms with Crippen LogP contribution in [0.2, 0.25) is 5.02 Å². The van der Waals surface area contributed by atoms with Crippen LogP contribution in [0.1, 0.15) is 10.4 Å². The number of carboxylic acid groups (broad SMARTS) is 1. The first-order chi connectivity index (χ1) is 8.99. The first-order valence-electron chi connectivity index (χ1n) is 5.09. The molecule has 4 nitrogen and oxygen atoms in total. The van der Waals surface area contributed by atoms with Gasteiger partial charge in [-0.3, -0.25) is 0 Å². The number of aromatic nitrogens is 1. The molecule has 0 unspecified atom stereocenters. The van der Waals surface area contributed by atoms with Gasteiger partial charge in [0.25, 0.3) is 0 Å². The summed E-state index contributed by atoms with van der Waals surface area (Å²) in [5.41, 5.74) is -0.102. The van der Waals surface area contributed by atoms with Crippen molar-refractivity contribution in [2.45, 2.75) is 0 Å². The Morgan fingerprint density at radius 3 is 2.84 bits per heavy atom. The van der Waals surface area contributed by atoms with Gasteiger partial charge in [-0.2, -0.15) is 0 Å². The fourth-order valence-electron chi connectivity index (χ4n) is 1.44. The Morgan fingerprint density at radius 1 is 1.47 bits per heavy atom. The monoisotopic (exact) mass is 344 g/mol. The Balaban J connectivity index is 2.47. The summed E-state index contributed by atoms with van der Waals surface area (Å²) in [4.78, 5) is 15.0. The average molecular weight is 346 g/mol. The van der Waals surface area contributed by atoms with Gasteiger partial charge in [0.05, 0.1) is 10.7 Å². The maximum atomic E-state index is 13.6. The summed E-state index contributed by atoms with van der Waals surface area (Å²) in [7, 11) is 0. The number of benzene rings is 1. The molecule has 0 saturated carbocycles. The lowest BCUT2D eigenvalue weighted by Gasteiger charge is -2.11. The lowest BCUT2D eigenvalue weighted by Crippen LogP contribution is -2.06. The first-order valence-corrected chi connectivity index (χ1v) is 6.26. The van der Waals surface area contributed by atoms with Crippen molar-refractivity contribution in [3.8, 4) is 0 Å². The highest BCUT2D eigenvalue weighted by atomic mass is 79.9. The molecule has 98 valence electrons. The van der Waals surface area contributed by atoms with Gasteiger partial charge in [-0.15, -0.1) is 0 Å². The first kappa shape index (κ1) is 13.8. The van der Waals surface area contributed by atoms with Crippen LogP contribution in [0.5, 0.6) is 0 Å². The number of hydrogen-bond donors (Lipinski definition) is 2. The predicted octanol–water partition coefficient (Wildman–Crippen LogP) is 4.08. The second-order valence-electron chi connectivity index (χ2n) is 3.58. The lowest BCUT2D eigenvalue weighted by molar-refractivity contribution is 0.0697. The third-order valence-electron chi connectivity index (χ3n) is 2.29. The summed E-state index contributed by atoms with van der Waals surface area (Å²) in [6.45, 7) is 0. The molecule has 2 aromatic rings. The van der Waals surface area contributed by atoms with Crippen LogP contribution in [0.3, 0.4) is 0 Å². The number of carboxylic acids is 1. The van der Waals surface area contributed by atoms with Gasteiger partial charge in [0.1, 0.15) is 17.2 Å². The van der Waals surface area contributed by atoms with Crippen molar-refractivity contribution >= 4 is 45.0 Å². The minimum atomic E-state index is -1.18. The lowest BCUT2D eigenvalue weighted by atomic mass is 10.2. The second-order valence-corrected chi connectivity index (χ2v) is 4.90. The molecule has 0 spiro atoms. The van der Waals surface area contributed by atoms with Crippen LogP contribution in [0.4, 0.5) is 15.9 Å². The van der Waals surface area contributed by atoms with Crippen LogP contribution in [0.25, 0.3) is 0 Å². The van der Waals surface area contributed by atoms with E-state index in [-0.39, 0.29) is 22.1 Å². The summed E-state index contributed by atoms with van der Waals surface area (Å²) in [5, 5.41) is 11.8. The van der Waals surface area contributed by atoms with Gasteiger partial charge in [0.15, 0.2) is 0 Å². The van der Waals surface area contributed by atoms with E-state index in [1.807, 2.05) is 0 Å². The van der Waals surface area contributed by atoms with Crippen molar-refractivity contribution in [3.05, 3.63) is 51.3 Å². The van der Waals surface area contributed by atoms with Gasteiger partial charge in [-0.1, -0.05) is 17.7 Å². The van der Waals surface area contributed by atoms with Gasteiger partial charge < -0.3 is 10.4 Å². The Morgan fingerprint density at radius 2 is 2.21 bits per heavy atom. The number of halogens is 3. The molecule has 0 fully saturated rings. The molecule has 0 saturated heterocycles. The number of hydrogen-bond acceptors (Lipinski definition) is 3. The summed E-state index contributed by atoms with van der Waals surface area (Å²) in [6.07, 6.45) is 1.41. The minimum absolute atomic E-state index is 0.0125. The number of rotatable bonds is 3. The molecule has 19 heavy (non-hydrogen) atoms. The SMILES string of the molecule is O=C(O)c1cc(Br)cnc1Nc1c(F)cccc1Cl. The number of carbonyl (C=O) groups is 1. The molecule has 0 aliphatic rings. The average Bonchev–Trinajstić information content (AvgIpc) is 2.35. The summed E-state index contributed by atoms with van der Waals surface area (Å²) in [5.74, 6) is -1.75. The molecule has 0 aliphatic carbocycles. The van der Waals surface area contributed by atoms with Gasteiger partial charge in [0.2, 0.25) is 0 Å². The van der Waals surface area contributed by atoms with Gasteiger partial charge >= 0.3 is 5.97 Å². The fourth-order valence-corrected chi connectivity index (χ4v) is 1.98. The highest BCUT2D eigenvalue weighted by Gasteiger charge is 2.15. The molecular formula is C12H7BrClFN2O2. The number of nitrogens with zero attached hydrogens (tertiary/aromatic N) is 1. The molecule has 1 aromatic carbocycles. The molecule has 7 heteroatoms. The Kier molecular flexibility index (Phi) is 4.01.